The summed E-state index contributed by atoms with van der Waals surface area (Å²) in [4.78, 5) is 22.9. The van der Waals surface area contributed by atoms with Gasteiger partial charge in [0.05, 0.1) is 17.3 Å². The number of halogens is 4. The summed E-state index contributed by atoms with van der Waals surface area (Å²) in [5.74, 6) is -0.551. The topological polar surface area (TPSA) is 90.0 Å². The van der Waals surface area contributed by atoms with E-state index >= 15 is 0 Å². The number of aromatic nitrogens is 2. The largest absolute Gasteiger partial charge is 0.408 e. The molecule has 0 aliphatic heterocycles. The number of nitrogens with zero attached hydrogens (tertiary/aromatic N) is 2. The molecule has 0 unspecified atom stereocenters. The SMILES string of the molecule is CC(C)(CNc1cnn(CC(F)(F)F)c(=O)c1Br)C(N)=O. The number of nitrogens with one attached hydrogen (secondary N) is 1. The van der Waals surface area contributed by atoms with Gasteiger partial charge in [-0.05, 0) is 29.8 Å². The van der Waals surface area contributed by atoms with Gasteiger partial charge in [0.2, 0.25) is 5.91 Å². The fourth-order valence-corrected chi connectivity index (χ4v) is 1.72. The zero-order chi connectivity index (χ0) is 16.4. The van der Waals surface area contributed by atoms with Crippen molar-refractivity contribution in [3.63, 3.8) is 0 Å². The van der Waals surface area contributed by atoms with Crippen LogP contribution in [0.3, 0.4) is 0 Å². The van der Waals surface area contributed by atoms with Crippen molar-refractivity contribution in [2.45, 2.75) is 26.6 Å². The third-order valence-corrected chi connectivity index (χ3v) is 3.47. The number of rotatable bonds is 5. The van der Waals surface area contributed by atoms with E-state index in [0.29, 0.717) is 4.68 Å². The number of hydrogen-bond acceptors (Lipinski definition) is 4. The molecule has 0 aliphatic rings. The molecule has 1 rings (SSSR count). The first kappa shape index (κ1) is 17.5. The zero-order valence-electron chi connectivity index (χ0n) is 11.3. The van der Waals surface area contributed by atoms with Gasteiger partial charge in [-0.3, -0.25) is 9.59 Å². The Hall–Kier alpha value is -1.58. The monoisotopic (exact) mass is 370 g/mol. The number of amides is 1. The van der Waals surface area contributed by atoms with E-state index in [0.717, 1.165) is 6.20 Å². The van der Waals surface area contributed by atoms with E-state index in [1.807, 2.05) is 0 Å². The van der Waals surface area contributed by atoms with Crippen molar-refractivity contribution in [3.05, 3.63) is 21.0 Å². The molecule has 0 saturated carbocycles. The minimum atomic E-state index is -4.54. The lowest BCUT2D eigenvalue weighted by Crippen LogP contribution is -2.38. The Morgan fingerprint density at radius 3 is 2.52 bits per heavy atom. The Morgan fingerprint density at radius 2 is 2.05 bits per heavy atom. The van der Waals surface area contributed by atoms with Gasteiger partial charge in [-0.2, -0.15) is 18.3 Å². The first-order valence-electron chi connectivity index (χ1n) is 5.80. The number of carbonyl (C=O) groups is 1. The maximum Gasteiger partial charge on any atom is 0.408 e. The van der Waals surface area contributed by atoms with Gasteiger partial charge in [0, 0.05) is 6.54 Å². The van der Waals surface area contributed by atoms with Crippen LogP contribution in [-0.2, 0) is 11.3 Å². The molecule has 1 aromatic heterocycles. The van der Waals surface area contributed by atoms with Crippen LogP contribution in [0.5, 0.6) is 0 Å². The highest BCUT2D eigenvalue weighted by molar-refractivity contribution is 9.10. The van der Waals surface area contributed by atoms with Crippen molar-refractivity contribution >= 4 is 27.5 Å². The molecule has 0 spiro atoms. The van der Waals surface area contributed by atoms with E-state index < -0.39 is 29.6 Å². The van der Waals surface area contributed by atoms with E-state index in [-0.39, 0.29) is 16.7 Å². The third kappa shape index (κ3) is 4.73. The molecule has 6 nitrogen and oxygen atoms in total. The summed E-state index contributed by atoms with van der Waals surface area (Å²) in [6.45, 7) is 1.81. The van der Waals surface area contributed by atoms with Crippen LogP contribution in [0, 0.1) is 5.41 Å². The summed E-state index contributed by atoms with van der Waals surface area (Å²) in [7, 11) is 0. The first-order valence-corrected chi connectivity index (χ1v) is 6.59. The van der Waals surface area contributed by atoms with Gasteiger partial charge in [-0.15, -0.1) is 0 Å². The van der Waals surface area contributed by atoms with Crippen molar-refractivity contribution in [2.24, 2.45) is 11.1 Å². The van der Waals surface area contributed by atoms with Crippen molar-refractivity contribution in [1.29, 1.82) is 0 Å². The van der Waals surface area contributed by atoms with Crippen molar-refractivity contribution in [3.8, 4) is 0 Å². The molecule has 1 heterocycles. The lowest BCUT2D eigenvalue weighted by Gasteiger charge is -2.21. The van der Waals surface area contributed by atoms with Crippen LogP contribution in [0.4, 0.5) is 18.9 Å². The smallest absolute Gasteiger partial charge is 0.382 e. The molecule has 21 heavy (non-hydrogen) atoms. The molecule has 0 aromatic carbocycles. The van der Waals surface area contributed by atoms with Gasteiger partial charge >= 0.3 is 6.18 Å². The van der Waals surface area contributed by atoms with Crippen LogP contribution in [0.1, 0.15) is 13.8 Å². The number of alkyl halides is 3. The lowest BCUT2D eigenvalue weighted by molar-refractivity contribution is -0.143. The molecule has 0 aliphatic carbocycles. The first-order chi connectivity index (χ1) is 9.44. The third-order valence-electron chi connectivity index (χ3n) is 2.70. The van der Waals surface area contributed by atoms with Gasteiger partial charge < -0.3 is 11.1 Å². The summed E-state index contributed by atoms with van der Waals surface area (Å²) >= 11 is 2.92. The number of hydrogen-bond donors (Lipinski definition) is 2. The van der Waals surface area contributed by atoms with Crippen LogP contribution in [0.15, 0.2) is 15.5 Å². The summed E-state index contributed by atoms with van der Waals surface area (Å²) < 4.78 is 37.0. The van der Waals surface area contributed by atoms with Crippen molar-refractivity contribution in [1.82, 2.24) is 9.78 Å². The minimum Gasteiger partial charge on any atom is -0.382 e. The molecular formula is C11H14BrF3N4O2. The highest BCUT2D eigenvalue weighted by Gasteiger charge is 2.30. The molecular weight excluding hydrogens is 357 g/mol. The molecule has 1 aromatic rings. The normalized spacial score (nSPS) is 12.3. The highest BCUT2D eigenvalue weighted by Crippen LogP contribution is 2.21. The Balaban J connectivity index is 2.96. The number of nitrogens with two attached hydrogens (primary N) is 1. The fraction of sp³-hybridized carbons (Fsp3) is 0.545. The zero-order valence-corrected chi connectivity index (χ0v) is 12.9. The number of anilines is 1. The number of primary amides is 1. The van der Waals surface area contributed by atoms with Crippen molar-refractivity contribution in [2.75, 3.05) is 11.9 Å². The van der Waals surface area contributed by atoms with Gasteiger partial charge in [0.1, 0.15) is 11.0 Å². The minimum absolute atomic E-state index is 0.0954. The Bertz CT molecular complexity index is 598. The van der Waals surface area contributed by atoms with Gasteiger partial charge in [-0.25, -0.2) is 4.68 Å². The molecule has 118 valence electrons. The molecule has 1 amide bonds. The molecule has 0 atom stereocenters. The molecule has 0 bridgehead atoms. The molecule has 3 N–H and O–H groups in total. The highest BCUT2D eigenvalue weighted by atomic mass is 79.9. The van der Waals surface area contributed by atoms with Gasteiger partial charge in [-0.1, -0.05) is 0 Å². The average molecular weight is 371 g/mol. The Kier molecular flexibility index (Phi) is 5.03. The lowest BCUT2D eigenvalue weighted by atomic mass is 9.93. The summed E-state index contributed by atoms with van der Waals surface area (Å²) in [6, 6.07) is 0. The fourth-order valence-electron chi connectivity index (χ4n) is 1.27. The summed E-state index contributed by atoms with van der Waals surface area (Å²) in [5.41, 5.74) is 3.58. The number of carbonyl (C=O) groups excluding carboxylic acids is 1. The van der Waals surface area contributed by atoms with E-state index in [2.05, 4.69) is 26.3 Å². The Morgan fingerprint density at radius 1 is 1.48 bits per heavy atom. The van der Waals surface area contributed by atoms with Crippen LogP contribution < -0.4 is 16.6 Å². The van der Waals surface area contributed by atoms with Crippen LogP contribution in [0.25, 0.3) is 0 Å². The van der Waals surface area contributed by atoms with Crippen LogP contribution in [0.2, 0.25) is 0 Å². The van der Waals surface area contributed by atoms with Crippen molar-refractivity contribution < 1.29 is 18.0 Å². The van der Waals surface area contributed by atoms with E-state index in [4.69, 9.17) is 5.73 Å². The van der Waals surface area contributed by atoms with Crippen LogP contribution in [-0.4, -0.2) is 28.4 Å². The Labute approximate surface area is 126 Å². The van der Waals surface area contributed by atoms with Crippen LogP contribution >= 0.6 is 15.9 Å². The summed E-state index contributed by atoms with van der Waals surface area (Å²) in [6.07, 6.45) is -3.46. The van der Waals surface area contributed by atoms with E-state index in [1.54, 1.807) is 13.8 Å². The van der Waals surface area contributed by atoms with E-state index in [9.17, 15) is 22.8 Å². The van der Waals surface area contributed by atoms with Gasteiger partial charge in [0.25, 0.3) is 5.56 Å². The predicted molar refractivity (Wildman–Crippen MR) is 73.7 cm³/mol. The molecule has 0 fully saturated rings. The predicted octanol–water partition coefficient (Wildman–Crippen LogP) is 1.49. The maximum atomic E-state index is 12.3. The molecule has 0 saturated heterocycles. The second-order valence-electron chi connectivity index (χ2n) is 5.05. The second kappa shape index (κ2) is 6.04. The average Bonchev–Trinajstić information content (AvgIpc) is 2.32. The molecule has 10 heteroatoms. The quantitative estimate of drug-likeness (QED) is 0.821. The standard InChI is InChI=1S/C11H14BrF3N4O2/c1-10(2,9(16)21)4-17-6-3-18-19(5-11(13,14)15)8(20)7(6)12/h3,17H,4-5H2,1-2H3,(H2,16,21). The van der Waals surface area contributed by atoms with Gasteiger partial charge in [0.15, 0.2) is 0 Å². The summed E-state index contributed by atoms with van der Waals surface area (Å²) in [5, 5.41) is 6.21. The molecule has 0 radical (unpaired) electrons. The maximum absolute atomic E-state index is 12.3. The second-order valence-corrected chi connectivity index (χ2v) is 5.84. The van der Waals surface area contributed by atoms with E-state index in [1.165, 1.54) is 0 Å².